The molecule has 66 valence electrons. The summed E-state index contributed by atoms with van der Waals surface area (Å²) in [5.41, 5.74) is -0.597. The minimum atomic E-state index is -0.597. The number of quaternary nitrogens is 1. The molecule has 0 amide bonds. The maximum absolute atomic E-state index is 11.5. The molecule has 1 N–H and O–H groups in total. The molecule has 1 saturated heterocycles. The zero-order valence-corrected chi connectivity index (χ0v) is 7.34. The highest BCUT2D eigenvalue weighted by molar-refractivity contribution is 4.74. The lowest BCUT2D eigenvalue weighted by Gasteiger charge is -2.37. The Morgan fingerprint density at radius 2 is 2.00 bits per heavy atom. The van der Waals surface area contributed by atoms with Crippen LogP contribution in [0.15, 0.2) is 0 Å². The molecule has 0 aromatic heterocycles. The predicted octanol–water partition coefficient (Wildman–Crippen LogP) is 0.866. The van der Waals surface area contributed by atoms with Gasteiger partial charge in [0.25, 0.3) is 0 Å². The average Bonchev–Trinajstić information content (AvgIpc) is 1.92. The van der Waals surface area contributed by atoms with E-state index in [1.54, 1.807) is 7.05 Å². The fourth-order valence-corrected chi connectivity index (χ4v) is 1.51. The zero-order valence-electron chi connectivity index (χ0n) is 7.34. The first-order valence-corrected chi connectivity index (χ1v) is 4.19. The summed E-state index contributed by atoms with van der Waals surface area (Å²) >= 11 is 0. The van der Waals surface area contributed by atoms with Gasteiger partial charge in [-0.1, -0.05) is 0 Å². The molecular weight excluding hydrogens is 142 g/mol. The zero-order chi connectivity index (χ0) is 8.54. The summed E-state index contributed by atoms with van der Waals surface area (Å²) in [7, 11) is 1.68. The first kappa shape index (κ1) is 8.97. The summed E-state index contributed by atoms with van der Waals surface area (Å²) in [6.07, 6.45) is 2.24. The van der Waals surface area contributed by atoms with Crippen molar-refractivity contribution < 1.29 is 9.75 Å². The molecule has 1 aliphatic heterocycles. The molecule has 1 fully saturated rings. The van der Waals surface area contributed by atoms with Gasteiger partial charge in [-0.25, -0.2) is 0 Å². The van der Waals surface area contributed by atoms with Crippen LogP contribution in [-0.4, -0.2) is 35.5 Å². The maximum atomic E-state index is 11.5. The van der Waals surface area contributed by atoms with Gasteiger partial charge in [0.05, 0.1) is 25.7 Å². The standard InChI is InChI=1S/C8H17NO2/c1-8(10)4-3-6-9(2,11)7-5-8/h10H,3-7H2,1-2H3. The minimum absolute atomic E-state index is 0.184. The van der Waals surface area contributed by atoms with Crippen molar-refractivity contribution in [1.29, 1.82) is 0 Å². The van der Waals surface area contributed by atoms with Gasteiger partial charge >= 0.3 is 0 Å². The Kier molecular flexibility index (Phi) is 2.23. The largest absolute Gasteiger partial charge is 0.633 e. The molecule has 1 aliphatic rings. The van der Waals surface area contributed by atoms with Crippen LogP contribution >= 0.6 is 0 Å². The van der Waals surface area contributed by atoms with Crippen molar-refractivity contribution in [2.45, 2.75) is 31.8 Å². The van der Waals surface area contributed by atoms with Crippen molar-refractivity contribution in [3.05, 3.63) is 5.21 Å². The van der Waals surface area contributed by atoms with Gasteiger partial charge < -0.3 is 15.0 Å². The minimum Gasteiger partial charge on any atom is -0.633 e. The van der Waals surface area contributed by atoms with Crippen LogP contribution in [0.5, 0.6) is 0 Å². The van der Waals surface area contributed by atoms with Crippen molar-refractivity contribution in [1.82, 2.24) is 0 Å². The number of hydroxylamine groups is 3. The van der Waals surface area contributed by atoms with Gasteiger partial charge in [0.15, 0.2) is 0 Å². The molecule has 0 aromatic carbocycles. The lowest BCUT2D eigenvalue weighted by molar-refractivity contribution is -0.860. The van der Waals surface area contributed by atoms with Crippen LogP contribution < -0.4 is 0 Å². The normalized spacial score (nSPS) is 46.9. The van der Waals surface area contributed by atoms with Gasteiger partial charge in [0, 0.05) is 6.42 Å². The number of nitrogens with zero attached hydrogens (tertiary/aromatic N) is 1. The Morgan fingerprint density at radius 3 is 2.64 bits per heavy atom. The molecule has 0 bridgehead atoms. The van der Waals surface area contributed by atoms with Crippen LogP contribution in [0.1, 0.15) is 26.2 Å². The predicted molar refractivity (Wildman–Crippen MR) is 43.8 cm³/mol. The van der Waals surface area contributed by atoms with Crippen molar-refractivity contribution in [3.63, 3.8) is 0 Å². The molecule has 0 aliphatic carbocycles. The van der Waals surface area contributed by atoms with Crippen LogP contribution in [-0.2, 0) is 0 Å². The molecule has 0 spiro atoms. The van der Waals surface area contributed by atoms with Crippen molar-refractivity contribution in [2.75, 3.05) is 20.1 Å². The molecule has 3 nitrogen and oxygen atoms in total. The lowest BCUT2D eigenvalue weighted by Crippen LogP contribution is -2.39. The average molecular weight is 159 g/mol. The molecule has 1 rings (SSSR count). The van der Waals surface area contributed by atoms with E-state index in [9.17, 15) is 10.3 Å². The number of hydrogen-bond donors (Lipinski definition) is 1. The van der Waals surface area contributed by atoms with E-state index in [1.807, 2.05) is 6.92 Å². The Balaban J connectivity index is 2.53. The SMILES string of the molecule is CC1(O)CCC[N+](C)([O-])CC1. The van der Waals surface area contributed by atoms with Gasteiger partial charge in [-0.05, 0) is 19.8 Å². The quantitative estimate of drug-likeness (QED) is 0.421. The molecular formula is C8H17NO2. The number of rotatable bonds is 0. The van der Waals surface area contributed by atoms with Gasteiger partial charge in [-0.15, -0.1) is 0 Å². The maximum Gasteiger partial charge on any atom is 0.0809 e. The Bertz CT molecular complexity index is 127. The van der Waals surface area contributed by atoms with E-state index in [2.05, 4.69) is 0 Å². The van der Waals surface area contributed by atoms with Crippen LogP contribution in [0, 0.1) is 5.21 Å². The Hall–Kier alpha value is -0.120. The van der Waals surface area contributed by atoms with Crippen LogP contribution in [0.4, 0.5) is 0 Å². The fraction of sp³-hybridized carbons (Fsp3) is 1.00. The fourth-order valence-electron chi connectivity index (χ4n) is 1.51. The van der Waals surface area contributed by atoms with Crippen molar-refractivity contribution in [3.8, 4) is 0 Å². The van der Waals surface area contributed by atoms with E-state index in [4.69, 9.17) is 0 Å². The van der Waals surface area contributed by atoms with Gasteiger partial charge in [0.1, 0.15) is 0 Å². The molecule has 11 heavy (non-hydrogen) atoms. The third-order valence-electron chi connectivity index (χ3n) is 2.47. The first-order valence-electron chi connectivity index (χ1n) is 4.19. The summed E-state index contributed by atoms with van der Waals surface area (Å²) in [5.74, 6) is 0. The van der Waals surface area contributed by atoms with Gasteiger partial charge in [0.2, 0.25) is 0 Å². The van der Waals surface area contributed by atoms with E-state index < -0.39 is 5.60 Å². The monoisotopic (exact) mass is 159 g/mol. The second kappa shape index (κ2) is 2.73. The highest BCUT2D eigenvalue weighted by Gasteiger charge is 2.27. The number of aliphatic hydroxyl groups is 1. The van der Waals surface area contributed by atoms with Gasteiger partial charge in [-0.2, -0.15) is 0 Å². The topological polar surface area (TPSA) is 43.3 Å². The lowest BCUT2D eigenvalue weighted by atomic mass is 9.98. The molecule has 0 radical (unpaired) electrons. The summed E-state index contributed by atoms with van der Waals surface area (Å²) in [6.45, 7) is 3.02. The Labute approximate surface area is 67.8 Å². The highest BCUT2D eigenvalue weighted by Crippen LogP contribution is 2.23. The highest BCUT2D eigenvalue weighted by atomic mass is 16.5. The molecule has 2 atom stereocenters. The second-order valence-electron chi connectivity index (χ2n) is 4.09. The number of likely N-dealkylation sites (tertiary alicyclic amines) is 1. The second-order valence-corrected chi connectivity index (χ2v) is 4.09. The van der Waals surface area contributed by atoms with Gasteiger partial charge in [-0.3, -0.25) is 0 Å². The molecule has 3 heteroatoms. The molecule has 0 aromatic rings. The smallest absolute Gasteiger partial charge is 0.0809 e. The van der Waals surface area contributed by atoms with E-state index >= 15 is 0 Å². The van der Waals surface area contributed by atoms with Crippen molar-refractivity contribution in [2.24, 2.45) is 0 Å². The van der Waals surface area contributed by atoms with E-state index in [-0.39, 0.29) is 4.65 Å². The summed E-state index contributed by atoms with van der Waals surface area (Å²) in [4.78, 5) is 0. The van der Waals surface area contributed by atoms with E-state index in [0.29, 0.717) is 19.5 Å². The van der Waals surface area contributed by atoms with Crippen LogP contribution in [0.3, 0.4) is 0 Å². The van der Waals surface area contributed by atoms with Crippen LogP contribution in [0.25, 0.3) is 0 Å². The van der Waals surface area contributed by atoms with E-state index in [1.165, 1.54) is 0 Å². The Morgan fingerprint density at radius 1 is 1.36 bits per heavy atom. The first-order chi connectivity index (χ1) is 4.91. The summed E-state index contributed by atoms with van der Waals surface area (Å²) in [5, 5.41) is 21.1. The third-order valence-corrected chi connectivity index (χ3v) is 2.47. The van der Waals surface area contributed by atoms with Crippen LogP contribution in [0.2, 0.25) is 0 Å². The third kappa shape index (κ3) is 2.77. The molecule has 0 saturated carbocycles. The summed E-state index contributed by atoms with van der Waals surface area (Å²) < 4.78 is -0.184. The van der Waals surface area contributed by atoms with Crippen molar-refractivity contribution >= 4 is 0 Å². The molecule has 1 heterocycles. The summed E-state index contributed by atoms with van der Waals surface area (Å²) in [6, 6.07) is 0. The molecule has 2 unspecified atom stereocenters. The number of hydrogen-bond acceptors (Lipinski definition) is 2. The van der Waals surface area contributed by atoms with E-state index in [0.717, 1.165) is 12.8 Å².